The van der Waals surface area contributed by atoms with Gasteiger partial charge in [-0.2, -0.15) is 0 Å². The summed E-state index contributed by atoms with van der Waals surface area (Å²) in [6, 6.07) is 21.7. The van der Waals surface area contributed by atoms with Crippen molar-refractivity contribution in [3.63, 3.8) is 0 Å². The van der Waals surface area contributed by atoms with Gasteiger partial charge >= 0.3 is 11.9 Å². The van der Waals surface area contributed by atoms with E-state index in [-0.39, 0.29) is 22.5 Å². The Morgan fingerprint density at radius 2 is 1.30 bits per heavy atom. The predicted molar refractivity (Wildman–Crippen MR) is 118 cm³/mol. The highest BCUT2D eigenvalue weighted by atomic mass is 32.2. The van der Waals surface area contributed by atoms with Crippen molar-refractivity contribution >= 4 is 29.5 Å². The lowest BCUT2D eigenvalue weighted by Crippen LogP contribution is -2.06. The van der Waals surface area contributed by atoms with E-state index < -0.39 is 11.9 Å². The molecule has 0 aliphatic rings. The zero-order chi connectivity index (χ0) is 22.1. The summed E-state index contributed by atoms with van der Waals surface area (Å²) in [5.41, 5.74) is 2.18. The minimum atomic E-state index is -1.11. The first-order valence-electron chi connectivity index (χ1n) is 9.11. The fourth-order valence-corrected chi connectivity index (χ4v) is 3.16. The second kappa shape index (κ2) is 11.0. The molecule has 0 aliphatic heterocycles. The number of rotatable bonds is 6. The van der Waals surface area contributed by atoms with Crippen LogP contribution in [0.15, 0.2) is 77.7 Å². The number of carbonyl (C=O) groups excluding carboxylic acids is 1. The standard InChI is InChI=1S/C15H14OS.C9H8O4/c1-17-14-9-7-12(8-10-14)11-15(16)13-5-3-2-4-6-13;1-5-6(8(10)11)3-2-4-7(5)9(12)13/h2-10H,11H2,1H3;2-4H,1H3,(H,10,11)(H,12,13). The summed E-state index contributed by atoms with van der Waals surface area (Å²) in [4.78, 5) is 34.4. The van der Waals surface area contributed by atoms with Crippen molar-refractivity contribution < 1.29 is 24.6 Å². The molecule has 0 bridgehead atoms. The van der Waals surface area contributed by atoms with Gasteiger partial charge in [-0.05, 0) is 48.6 Å². The number of benzene rings is 3. The van der Waals surface area contributed by atoms with Crippen LogP contribution in [0.5, 0.6) is 0 Å². The Hall–Kier alpha value is -3.38. The number of ketones is 1. The second-order valence-corrected chi connectivity index (χ2v) is 7.28. The fraction of sp³-hybridized carbons (Fsp3) is 0.125. The fourth-order valence-electron chi connectivity index (χ4n) is 2.75. The maximum absolute atomic E-state index is 12.0. The summed E-state index contributed by atoms with van der Waals surface area (Å²) in [6.07, 6.45) is 2.52. The van der Waals surface area contributed by atoms with E-state index in [1.807, 2.05) is 48.7 Å². The van der Waals surface area contributed by atoms with Gasteiger partial charge < -0.3 is 10.2 Å². The molecule has 0 aliphatic carbocycles. The average Bonchev–Trinajstić information content (AvgIpc) is 2.75. The van der Waals surface area contributed by atoms with Crippen LogP contribution in [0.1, 0.15) is 42.2 Å². The zero-order valence-electron chi connectivity index (χ0n) is 16.7. The largest absolute Gasteiger partial charge is 0.478 e. The molecule has 0 unspecified atom stereocenters. The van der Waals surface area contributed by atoms with Crippen LogP contribution in [0.4, 0.5) is 0 Å². The number of hydrogen-bond acceptors (Lipinski definition) is 4. The van der Waals surface area contributed by atoms with Gasteiger partial charge in [0, 0.05) is 16.9 Å². The van der Waals surface area contributed by atoms with E-state index >= 15 is 0 Å². The second-order valence-electron chi connectivity index (χ2n) is 6.40. The van der Waals surface area contributed by atoms with Crippen molar-refractivity contribution in [2.45, 2.75) is 18.2 Å². The van der Waals surface area contributed by atoms with Crippen LogP contribution in [-0.4, -0.2) is 34.2 Å². The molecule has 3 aromatic carbocycles. The van der Waals surface area contributed by atoms with E-state index in [4.69, 9.17) is 10.2 Å². The van der Waals surface area contributed by atoms with Gasteiger partial charge in [0.15, 0.2) is 5.78 Å². The lowest BCUT2D eigenvalue weighted by molar-refractivity contribution is 0.0695. The minimum absolute atomic E-state index is 0.0277. The number of Topliss-reactive ketones (excluding diaryl/α,β-unsaturated/α-hetero) is 1. The lowest BCUT2D eigenvalue weighted by atomic mass is 10.0. The molecular formula is C24H22O5S. The number of carboxylic acids is 2. The van der Waals surface area contributed by atoms with Crippen LogP contribution in [0.3, 0.4) is 0 Å². The summed E-state index contributed by atoms with van der Waals surface area (Å²) in [7, 11) is 0. The van der Waals surface area contributed by atoms with Crippen LogP contribution in [0.2, 0.25) is 0 Å². The Balaban J connectivity index is 0.000000222. The lowest BCUT2D eigenvalue weighted by Gasteiger charge is -2.03. The van der Waals surface area contributed by atoms with E-state index in [9.17, 15) is 14.4 Å². The molecule has 3 aromatic rings. The molecule has 2 N–H and O–H groups in total. The van der Waals surface area contributed by atoms with Crippen LogP contribution in [0.25, 0.3) is 0 Å². The first-order valence-corrected chi connectivity index (χ1v) is 10.3. The van der Waals surface area contributed by atoms with Gasteiger partial charge in [0.25, 0.3) is 0 Å². The van der Waals surface area contributed by atoms with Gasteiger partial charge in [-0.25, -0.2) is 9.59 Å². The van der Waals surface area contributed by atoms with Crippen LogP contribution >= 0.6 is 11.8 Å². The smallest absolute Gasteiger partial charge is 0.335 e. The highest BCUT2D eigenvalue weighted by Crippen LogP contribution is 2.16. The summed E-state index contributed by atoms with van der Waals surface area (Å²) < 4.78 is 0. The molecule has 0 radical (unpaired) electrons. The Kier molecular flexibility index (Phi) is 8.38. The number of aromatic carboxylic acids is 2. The van der Waals surface area contributed by atoms with Crippen LogP contribution in [0, 0.1) is 6.92 Å². The molecule has 6 heteroatoms. The molecule has 0 aromatic heterocycles. The van der Waals surface area contributed by atoms with E-state index in [2.05, 4.69) is 12.1 Å². The topological polar surface area (TPSA) is 91.7 Å². The van der Waals surface area contributed by atoms with Crippen LogP contribution in [-0.2, 0) is 6.42 Å². The van der Waals surface area contributed by atoms with Gasteiger partial charge in [0.2, 0.25) is 0 Å². The quantitative estimate of drug-likeness (QED) is 0.418. The van der Waals surface area contributed by atoms with Gasteiger partial charge in [0.05, 0.1) is 11.1 Å². The van der Waals surface area contributed by atoms with E-state index in [1.165, 1.54) is 30.0 Å². The van der Waals surface area contributed by atoms with Crippen molar-refractivity contribution in [2.75, 3.05) is 6.26 Å². The van der Waals surface area contributed by atoms with Gasteiger partial charge in [0.1, 0.15) is 0 Å². The Labute approximate surface area is 179 Å². The first kappa shape index (κ1) is 22.9. The third kappa shape index (κ3) is 6.32. The molecule has 0 saturated carbocycles. The van der Waals surface area contributed by atoms with Gasteiger partial charge in [-0.1, -0.05) is 48.5 Å². The molecule has 5 nitrogen and oxygen atoms in total. The summed E-state index contributed by atoms with van der Waals surface area (Å²) in [6.45, 7) is 1.48. The average molecular weight is 423 g/mol. The maximum atomic E-state index is 12.0. The summed E-state index contributed by atoms with van der Waals surface area (Å²) in [5.74, 6) is -2.05. The molecule has 0 fully saturated rings. The van der Waals surface area contributed by atoms with Crippen molar-refractivity contribution in [3.8, 4) is 0 Å². The van der Waals surface area contributed by atoms with Crippen LogP contribution < -0.4 is 0 Å². The number of carbonyl (C=O) groups is 3. The number of carboxylic acid groups (broad SMARTS) is 2. The van der Waals surface area contributed by atoms with Gasteiger partial charge in [-0.15, -0.1) is 11.8 Å². The number of thioether (sulfide) groups is 1. The SMILES string of the molecule is CSc1ccc(CC(=O)c2ccccc2)cc1.Cc1c(C(=O)O)cccc1C(=O)O. The van der Waals surface area contributed by atoms with E-state index in [1.54, 1.807) is 11.8 Å². The summed E-state index contributed by atoms with van der Waals surface area (Å²) in [5, 5.41) is 17.4. The zero-order valence-corrected chi connectivity index (χ0v) is 17.5. The maximum Gasteiger partial charge on any atom is 0.335 e. The highest BCUT2D eigenvalue weighted by Gasteiger charge is 2.13. The minimum Gasteiger partial charge on any atom is -0.478 e. The van der Waals surface area contributed by atoms with E-state index in [0.29, 0.717) is 6.42 Å². The van der Waals surface area contributed by atoms with E-state index in [0.717, 1.165) is 11.1 Å². The Morgan fingerprint density at radius 3 is 1.77 bits per heavy atom. The first-order chi connectivity index (χ1) is 14.3. The Bertz CT molecular complexity index is 995. The molecule has 30 heavy (non-hydrogen) atoms. The third-order valence-corrected chi connectivity index (χ3v) is 5.16. The molecule has 0 spiro atoms. The molecule has 0 atom stereocenters. The molecule has 3 rings (SSSR count). The number of hydrogen-bond donors (Lipinski definition) is 2. The molecule has 0 amide bonds. The van der Waals surface area contributed by atoms with Crippen molar-refractivity contribution in [1.29, 1.82) is 0 Å². The summed E-state index contributed by atoms with van der Waals surface area (Å²) >= 11 is 1.71. The normalized spacial score (nSPS) is 9.93. The molecule has 154 valence electrons. The molecular weight excluding hydrogens is 400 g/mol. The van der Waals surface area contributed by atoms with Crippen molar-refractivity contribution in [1.82, 2.24) is 0 Å². The molecule has 0 heterocycles. The van der Waals surface area contributed by atoms with Gasteiger partial charge in [-0.3, -0.25) is 4.79 Å². The predicted octanol–water partition coefficient (Wildman–Crippen LogP) is 5.23. The van der Waals surface area contributed by atoms with Crippen molar-refractivity contribution in [2.24, 2.45) is 0 Å². The monoisotopic (exact) mass is 422 g/mol. The van der Waals surface area contributed by atoms with Crippen molar-refractivity contribution in [3.05, 3.63) is 101 Å². The Morgan fingerprint density at radius 1 is 0.767 bits per heavy atom. The molecule has 0 saturated heterocycles. The highest BCUT2D eigenvalue weighted by molar-refractivity contribution is 7.98. The third-order valence-electron chi connectivity index (χ3n) is 4.41.